The molecular formula is C31H34N6O4. The first-order valence-corrected chi connectivity index (χ1v) is 14.0. The molecule has 4 heterocycles. The predicted molar refractivity (Wildman–Crippen MR) is 157 cm³/mol. The molecule has 0 saturated carbocycles. The molecule has 1 amide bonds. The zero-order valence-electron chi connectivity index (χ0n) is 23.9. The SMILES string of the molecule is CC(=O)OCc1c(-c2cc(Nc3cc(C)n(C)n3)c(=O)n(C)c2)cccc1N1CCn2c(cc3c2CCCC3)C1=O. The molecule has 10 heteroatoms. The highest BCUT2D eigenvalue weighted by atomic mass is 16.5. The molecule has 1 N–H and O–H groups in total. The summed E-state index contributed by atoms with van der Waals surface area (Å²) in [6, 6.07) is 11.4. The molecule has 0 spiro atoms. The van der Waals surface area contributed by atoms with Gasteiger partial charge in [0.15, 0.2) is 5.82 Å². The van der Waals surface area contributed by atoms with E-state index in [-0.39, 0.29) is 18.1 Å². The largest absolute Gasteiger partial charge is 0.461 e. The van der Waals surface area contributed by atoms with Gasteiger partial charge in [-0.1, -0.05) is 12.1 Å². The van der Waals surface area contributed by atoms with Crippen LogP contribution < -0.4 is 15.8 Å². The van der Waals surface area contributed by atoms with Crippen LogP contribution in [0.1, 0.15) is 52.8 Å². The lowest BCUT2D eigenvalue weighted by Gasteiger charge is -2.32. The Bertz CT molecular complexity index is 1720. The summed E-state index contributed by atoms with van der Waals surface area (Å²) < 4.78 is 10.9. The Hall–Kier alpha value is -4.60. The number of amides is 1. The summed E-state index contributed by atoms with van der Waals surface area (Å²) in [5.74, 6) is 0.101. The number of hydrogen-bond donors (Lipinski definition) is 1. The summed E-state index contributed by atoms with van der Waals surface area (Å²) in [5, 5.41) is 7.58. The number of carbonyl (C=O) groups excluding carboxylic acids is 2. The molecule has 0 bridgehead atoms. The van der Waals surface area contributed by atoms with Crippen LogP contribution in [-0.4, -0.2) is 37.3 Å². The molecule has 1 aromatic carbocycles. The number of anilines is 3. The molecule has 4 aromatic rings. The van der Waals surface area contributed by atoms with Crippen molar-refractivity contribution < 1.29 is 14.3 Å². The van der Waals surface area contributed by atoms with Crippen LogP contribution in [-0.2, 0) is 49.6 Å². The van der Waals surface area contributed by atoms with Crippen molar-refractivity contribution in [2.45, 2.75) is 52.7 Å². The first-order valence-electron chi connectivity index (χ1n) is 14.0. The Morgan fingerprint density at radius 2 is 1.88 bits per heavy atom. The van der Waals surface area contributed by atoms with Gasteiger partial charge >= 0.3 is 5.97 Å². The third-order valence-corrected chi connectivity index (χ3v) is 8.15. The molecule has 1 aliphatic carbocycles. The first kappa shape index (κ1) is 26.6. The van der Waals surface area contributed by atoms with E-state index in [1.807, 2.05) is 38.2 Å². The molecule has 6 rings (SSSR count). The van der Waals surface area contributed by atoms with Crippen molar-refractivity contribution in [2.24, 2.45) is 14.1 Å². The van der Waals surface area contributed by atoms with E-state index >= 15 is 0 Å². The Morgan fingerprint density at radius 3 is 2.63 bits per heavy atom. The number of nitrogens with zero attached hydrogens (tertiary/aromatic N) is 5. The molecular weight excluding hydrogens is 520 g/mol. The van der Waals surface area contributed by atoms with Gasteiger partial charge in [-0.05, 0) is 61.9 Å². The van der Waals surface area contributed by atoms with Crippen molar-refractivity contribution in [3.63, 3.8) is 0 Å². The minimum Gasteiger partial charge on any atom is -0.461 e. The lowest BCUT2D eigenvalue weighted by molar-refractivity contribution is -0.142. The number of fused-ring (bicyclic) bond motifs is 3. The molecule has 41 heavy (non-hydrogen) atoms. The van der Waals surface area contributed by atoms with E-state index in [0.29, 0.717) is 41.5 Å². The molecule has 212 valence electrons. The van der Waals surface area contributed by atoms with E-state index < -0.39 is 5.97 Å². The number of nitrogens with one attached hydrogen (secondary N) is 1. The van der Waals surface area contributed by atoms with Gasteiger partial charge in [0.25, 0.3) is 11.5 Å². The number of rotatable bonds is 6. The van der Waals surface area contributed by atoms with E-state index in [2.05, 4.69) is 21.0 Å². The summed E-state index contributed by atoms with van der Waals surface area (Å²) in [6.07, 6.45) is 6.08. The molecule has 2 aliphatic rings. The van der Waals surface area contributed by atoms with Gasteiger partial charge in [0.1, 0.15) is 18.0 Å². The van der Waals surface area contributed by atoms with Crippen LogP contribution in [0.25, 0.3) is 11.1 Å². The smallest absolute Gasteiger partial charge is 0.302 e. The number of pyridine rings is 1. The second-order valence-electron chi connectivity index (χ2n) is 10.9. The van der Waals surface area contributed by atoms with Gasteiger partial charge in [-0.3, -0.25) is 19.1 Å². The number of esters is 1. The predicted octanol–water partition coefficient (Wildman–Crippen LogP) is 4.24. The summed E-state index contributed by atoms with van der Waals surface area (Å²) in [7, 11) is 3.54. The van der Waals surface area contributed by atoms with E-state index in [1.165, 1.54) is 22.7 Å². The lowest BCUT2D eigenvalue weighted by Crippen LogP contribution is -2.41. The Labute approximate surface area is 238 Å². The fourth-order valence-electron chi connectivity index (χ4n) is 6.00. The Morgan fingerprint density at radius 1 is 1.07 bits per heavy atom. The molecule has 10 nitrogen and oxygen atoms in total. The van der Waals surface area contributed by atoms with Gasteiger partial charge in [-0.2, -0.15) is 5.10 Å². The summed E-state index contributed by atoms with van der Waals surface area (Å²) >= 11 is 0. The van der Waals surface area contributed by atoms with Crippen LogP contribution in [0.3, 0.4) is 0 Å². The summed E-state index contributed by atoms with van der Waals surface area (Å²) in [4.78, 5) is 40.6. The number of hydrogen-bond acceptors (Lipinski definition) is 6. The van der Waals surface area contributed by atoms with Crippen molar-refractivity contribution in [2.75, 3.05) is 16.8 Å². The summed E-state index contributed by atoms with van der Waals surface area (Å²) in [6.45, 7) is 4.53. The van der Waals surface area contributed by atoms with E-state index in [4.69, 9.17) is 4.74 Å². The zero-order valence-corrected chi connectivity index (χ0v) is 23.9. The van der Waals surface area contributed by atoms with Gasteiger partial charge in [-0.25, -0.2) is 0 Å². The van der Waals surface area contributed by atoms with E-state index in [9.17, 15) is 14.4 Å². The maximum Gasteiger partial charge on any atom is 0.302 e. The Kier molecular flexibility index (Phi) is 6.76. The highest BCUT2D eigenvalue weighted by molar-refractivity contribution is 6.07. The first-order chi connectivity index (χ1) is 19.7. The molecule has 3 aromatic heterocycles. The average Bonchev–Trinajstić information content (AvgIpc) is 3.49. The third kappa shape index (κ3) is 4.83. The van der Waals surface area contributed by atoms with Gasteiger partial charge in [0.2, 0.25) is 0 Å². The van der Waals surface area contributed by atoms with E-state index in [1.54, 1.807) is 28.9 Å². The second kappa shape index (κ2) is 10.4. The highest BCUT2D eigenvalue weighted by Gasteiger charge is 2.32. The van der Waals surface area contributed by atoms with Gasteiger partial charge in [0.05, 0.1) is 5.69 Å². The standard InChI is InChI=1S/C31H34N6O4/c1-19-14-29(33-35(19)4)32-25-15-22(17-34(3)30(25)39)23-9-7-11-27(24(23)18-41-20(2)38)37-13-12-36-26-10-6-5-8-21(26)16-28(36)31(37)40/h7,9,11,14-17H,5-6,8,10,12-13,18H2,1-4H3,(H,32,33). The van der Waals surface area contributed by atoms with Crippen LogP contribution in [0.2, 0.25) is 0 Å². The molecule has 1 aliphatic heterocycles. The van der Waals surface area contributed by atoms with E-state index in [0.717, 1.165) is 42.5 Å². The fraction of sp³-hybridized carbons (Fsp3) is 0.355. The maximum absolute atomic E-state index is 13.9. The third-order valence-electron chi connectivity index (χ3n) is 8.15. The molecule has 0 unspecified atom stereocenters. The lowest BCUT2D eigenvalue weighted by atomic mass is 9.98. The molecule has 0 fully saturated rings. The highest BCUT2D eigenvalue weighted by Crippen LogP contribution is 2.36. The van der Waals surface area contributed by atoms with Crippen LogP contribution in [0, 0.1) is 6.92 Å². The van der Waals surface area contributed by atoms with Crippen molar-refractivity contribution in [3.05, 3.63) is 81.2 Å². The van der Waals surface area contributed by atoms with Crippen molar-refractivity contribution in [1.82, 2.24) is 18.9 Å². The minimum absolute atomic E-state index is 0.00678. The van der Waals surface area contributed by atoms with Gasteiger partial charge in [0, 0.05) is 68.9 Å². The van der Waals surface area contributed by atoms with Crippen LogP contribution in [0.5, 0.6) is 0 Å². The van der Waals surface area contributed by atoms with Gasteiger partial charge in [-0.15, -0.1) is 0 Å². The normalized spacial score (nSPS) is 14.5. The fourth-order valence-corrected chi connectivity index (χ4v) is 6.00. The molecule has 0 saturated heterocycles. The maximum atomic E-state index is 13.9. The van der Waals surface area contributed by atoms with Crippen LogP contribution in [0.15, 0.2) is 47.4 Å². The van der Waals surface area contributed by atoms with Crippen molar-refractivity contribution >= 4 is 29.1 Å². The second-order valence-corrected chi connectivity index (χ2v) is 10.9. The molecule has 0 atom stereocenters. The number of carbonyl (C=O) groups is 2. The van der Waals surface area contributed by atoms with Crippen molar-refractivity contribution in [1.29, 1.82) is 0 Å². The van der Waals surface area contributed by atoms with Gasteiger partial charge < -0.3 is 24.1 Å². The number of aryl methyl sites for hydroxylation is 4. The Balaban J connectivity index is 1.43. The van der Waals surface area contributed by atoms with Crippen LogP contribution >= 0.6 is 0 Å². The topological polar surface area (TPSA) is 103 Å². The number of aromatic nitrogens is 4. The van der Waals surface area contributed by atoms with Crippen molar-refractivity contribution in [3.8, 4) is 11.1 Å². The zero-order chi connectivity index (χ0) is 28.8. The van der Waals surface area contributed by atoms with Crippen LogP contribution in [0.4, 0.5) is 17.2 Å². The number of benzene rings is 1. The minimum atomic E-state index is -0.411. The number of ether oxygens (including phenoxy) is 1. The quantitative estimate of drug-likeness (QED) is 0.358. The molecule has 0 radical (unpaired) electrons. The average molecular weight is 555 g/mol. The summed E-state index contributed by atoms with van der Waals surface area (Å²) in [5.41, 5.74) is 7.32. The monoisotopic (exact) mass is 554 g/mol.